The van der Waals surface area contributed by atoms with Gasteiger partial charge in [-0.1, -0.05) is 17.7 Å². The van der Waals surface area contributed by atoms with Gasteiger partial charge in [-0.2, -0.15) is 0 Å². The highest BCUT2D eigenvalue weighted by atomic mass is 35.5. The van der Waals surface area contributed by atoms with Crippen LogP contribution < -0.4 is 10.7 Å². The lowest BCUT2D eigenvalue weighted by atomic mass is 10.1. The summed E-state index contributed by atoms with van der Waals surface area (Å²) in [6.45, 7) is -0.0858. The number of fused-ring (bicyclic) bond motifs is 1. The summed E-state index contributed by atoms with van der Waals surface area (Å²) in [7, 11) is 0. The van der Waals surface area contributed by atoms with Gasteiger partial charge in [0, 0.05) is 23.8 Å². The molecule has 0 aliphatic heterocycles. The molecule has 0 bridgehead atoms. The van der Waals surface area contributed by atoms with Crippen molar-refractivity contribution in [3.05, 3.63) is 69.2 Å². The summed E-state index contributed by atoms with van der Waals surface area (Å²) in [5.41, 5.74) is -0.0733. The maximum atomic E-state index is 14.0. The van der Waals surface area contributed by atoms with Crippen molar-refractivity contribution in [1.29, 1.82) is 0 Å². The van der Waals surface area contributed by atoms with Crippen LogP contribution in [0, 0.1) is 5.82 Å². The van der Waals surface area contributed by atoms with Crippen LogP contribution in [0.4, 0.5) is 15.8 Å². The van der Waals surface area contributed by atoms with Crippen molar-refractivity contribution >= 4 is 39.8 Å². The average Bonchev–Trinajstić information content (AvgIpc) is 2.61. The van der Waals surface area contributed by atoms with Gasteiger partial charge in [-0.15, -0.1) is 0 Å². The Bertz CT molecular complexity index is 1060. The van der Waals surface area contributed by atoms with Gasteiger partial charge < -0.3 is 20.1 Å². The van der Waals surface area contributed by atoms with Gasteiger partial charge in [-0.25, -0.2) is 9.18 Å². The van der Waals surface area contributed by atoms with Crippen molar-refractivity contribution in [2.24, 2.45) is 0 Å². The normalized spacial score (nSPS) is 10.9. The van der Waals surface area contributed by atoms with Gasteiger partial charge >= 0.3 is 5.97 Å². The fraction of sp³-hybridized carbons (Fsp3) is 0.111. The molecular formula is C18H14ClFN2O4. The number of carboxylic acid groups (broad SMARTS) is 1. The summed E-state index contributed by atoms with van der Waals surface area (Å²) in [6.07, 6.45) is 1.20. The largest absolute Gasteiger partial charge is 0.477 e. The number of anilines is 2. The molecule has 1 aromatic heterocycles. The lowest BCUT2D eigenvalue weighted by Gasteiger charge is -2.13. The Morgan fingerprint density at radius 3 is 2.73 bits per heavy atom. The number of halogens is 2. The molecule has 2 aromatic carbocycles. The molecule has 0 aliphatic carbocycles. The maximum absolute atomic E-state index is 14.0. The van der Waals surface area contributed by atoms with Crippen LogP contribution in [0.5, 0.6) is 0 Å². The van der Waals surface area contributed by atoms with E-state index in [4.69, 9.17) is 11.6 Å². The molecule has 0 spiro atoms. The summed E-state index contributed by atoms with van der Waals surface area (Å²) in [4.78, 5) is 23.8. The van der Waals surface area contributed by atoms with Crippen molar-refractivity contribution in [3.63, 3.8) is 0 Å². The predicted octanol–water partition coefficient (Wildman–Crippen LogP) is 3.23. The smallest absolute Gasteiger partial charge is 0.341 e. The molecule has 0 radical (unpaired) electrons. The highest BCUT2D eigenvalue weighted by Gasteiger charge is 2.15. The predicted molar refractivity (Wildman–Crippen MR) is 96.9 cm³/mol. The van der Waals surface area contributed by atoms with Crippen LogP contribution in [0.1, 0.15) is 10.4 Å². The number of benzene rings is 2. The molecule has 0 aliphatic rings. The van der Waals surface area contributed by atoms with Crippen LogP contribution in [-0.2, 0) is 6.54 Å². The van der Waals surface area contributed by atoms with E-state index in [0.29, 0.717) is 11.2 Å². The lowest BCUT2D eigenvalue weighted by molar-refractivity contribution is 0.0694. The number of aromatic nitrogens is 1. The average molecular weight is 377 g/mol. The highest BCUT2D eigenvalue weighted by molar-refractivity contribution is 6.31. The van der Waals surface area contributed by atoms with E-state index in [2.05, 4.69) is 5.32 Å². The van der Waals surface area contributed by atoms with Crippen LogP contribution in [0.25, 0.3) is 10.9 Å². The van der Waals surface area contributed by atoms with E-state index in [1.165, 1.54) is 29.0 Å². The second-order valence-corrected chi connectivity index (χ2v) is 5.96. The van der Waals surface area contributed by atoms with Crippen molar-refractivity contribution in [3.8, 4) is 0 Å². The van der Waals surface area contributed by atoms with Gasteiger partial charge in [0.15, 0.2) is 5.82 Å². The van der Waals surface area contributed by atoms with E-state index in [1.807, 2.05) is 0 Å². The molecule has 3 rings (SSSR count). The molecule has 0 unspecified atom stereocenters. The van der Waals surface area contributed by atoms with Crippen molar-refractivity contribution in [1.82, 2.24) is 4.57 Å². The Hall–Kier alpha value is -2.90. The van der Waals surface area contributed by atoms with Crippen LogP contribution >= 0.6 is 11.6 Å². The Kier molecular flexibility index (Phi) is 4.92. The molecule has 8 heteroatoms. The lowest BCUT2D eigenvalue weighted by Crippen LogP contribution is -2.19. The summed E-state index contributed by atoms with van der Waals surface area (Å²) in [5.74, 6) is -1.99. The molecule has 6 nitrogen and oxygen atoms in total. The third-order valence-corrected chi connectivity index (χ3v) is 4.17. The van der Waals surface area contributed by atoms with Crippen LogP contribution in [0.2, 0.25) is 5.02 Å². The number of hydrogen-bond acceptors (Lipinski definition) is 4. The molecule has 0 saturated carbocycles. The molecule has 0 atom stereocenters. The van der Waals surface area contributed by atoms with Gasteiger partial charge in [0.25, 0.3) is 0 Å². The zero-order valence-electron chi connectivity index (χ0n) is 13.4. The fourth-order valence-electron chi connectivity index (χ4n) is 2.68. The second-order valence-electron chi connectivity index (χ2n) is 5.55. The molecule has 0 amide bonds. The Balaban J connectivity index is 2.15. The number of carbonyl (C=O) groups is 1. The first-order valence-corrected chi connectivity index (χ1v) is 8.02. The van der Waals surface area contributed by atoms with Gasteiger partial charge in [0.1, 0.15) is 5.56 Å². The molecular weight excluding hydrogens is 363 g/mol. The molecule has 26 heavy (non-hydrogen) atoms. The van der Waals surface area contributed by atoms with Crippen molar-refractivity contribution in [2.75, 3.05) is 11.9 Å². The standard InChI is InChI=1S/C18H14ClFN2O4/c19-13-2-1-3-14(16(13)20)21-10-4-5-15-11(8-10)17(24)12(18(25)26)9-22(15)6-7-23/h1-5,8-9,21,23H,6-7H2,(H,25,26). The zero-order valence-corrected chi connectivity index (χ0v) is 14.1. The molecule has 0 saturated heterocycles. The van der Waals surface area contributed by atoms with Crippen LogP contribution in [0.15, 0.2) is 47.4 Å². The SMILES string of the molecule is O=C(O)c1cn(CCO)c2ccc(Nc3cccc(Cl)c3F)cc2c1=O. The first-order chi connectivity index (χ1) is 12.4. The van der Waals surface area contributed by atoms with Crippen LogP contribution in [-0.4, -0.2) is 27.4 Å². The number of aliphatic hydroxyl groups excluding tert-OH is 1. The molecule has 134 valence electrons. The highest BCUT2D eigenvalue weighted by Crippen LogP contribution is 2.26. The van der Waals surface area contributed by atoms with E-state index in [-0.39, 0.29) is 29.2 Å². The Labute approximate surface area is 152 Å². The van der Waals surface area contributed by atoms with E-state index < -0.39 is 22.8 Å². The van der Waals surface area contributed by atoms with E-state index >= 15 is 0 Å². The number of nitrogens with zero attached hydrogens (tertiary/aromatic N) is 1. The number of pyridine rings is 1. The summed E-state index contributed by atoms with van der Waals surface area (Å²) in [6, 6.07) is 9.14. The maximum Gasteiger partial charge on any atom is 0.341 e. The number of aliphatic hydroxyl groups is 1. The van der Waals surface area contributed by atoms with E-state index in [0.717, 1.165) is 0 Å². The minimum Gasteiger partial charge on any atom is -0.477 e. The van der Waals surface area contributed by atoms with Gasteiger partial charge in [0.05, 0.1) is 22.8 Å². The monoisotopic (exact) mass is 376 g/mol. The molecule has 1 heterocycles. The quantitative estimate of drug-likeness (QED) is 0.636. The topological polar surface area (TPSA) is 91.6 Å². The Morgan fingerprint density at radius 1 is 1.27 bits per heavy atom. The minimum atomic E-state index is -1.36. The van der Waals surface area contributed by atoms with E-state index in [9.17, 15) is 24.2 Å². The number of nitrogens with one attached hydrogen (secondary N) is 1. The summed E-state index contributed by atoms with van der Waals surface area (Å²) >= 11 is 5.75. The van der Waals surface area contributed by atoms with E-state index in [1.54, 1.807) is 18.2 Å². The molecule has 0 fully saturated rings. The zero-order chi connectivity index (χ0) is 18.8. The third kappa shape index (κ3) is 3.26. The number of carboxylic acids is 1. The number of aromatic carboxylic acids is 1. The first kappa shape index (κ1) is 17.9. The summed E-state index contributed by atoms with van der Waals surface area (Å²) < 4.78 is 15.5. The van der Waals surface area contributed by atoms with Crippen molar-refractivity contribution in [2.45, 2.75) is 6.54 Å². The van der Waals surface area contributed by atoms with Gasteiger partial charge in [-0.05, 0) is 30.3 Å². The van der Waals surface area contributed by atoms with Crippen molar-refractivity contribution < 1.29 is 19.4 Å². The first-order valence-electron chi connectivity index (χ1n) is 7.64. The molecule has 3 N–H and O–H groups in total. The fourth-order valence-corrected chi connectivity index (χ4v) is 2.85. The Morgan fingerprint density at radius 2 is 2.04 bits per heavy atom. The number of rotatable bonds is 5. The summed E-state index contributed by atoms with van der Waals surface area (Å²) in [5, 5.41) is 21.3. The van der Waals surface area contributed by atoms with Gasteiger partial charge in [-0.3, -0.25) is 4.79 Å². The van der Waals surface area contributed by atoms with Gasteiger partial charge in [0.2, 0.25) is 5.43 Å². The second kappa shape index (κ2) is 7.15. The minimum absolute atomic E-state index is 0.0470. The number of hydrogen-bond donors (Lipinski definition) is 3. The molecule has 3 aromatic rings. The van der Waals surface area contributed by atoms with Crippen LogP contribution in [0.3, 0.4) is 0 Å². The third-order valence-electron chi connectivity index (χ3n) is 3.88.